The van der Waals surface area contributed by atoms with Crippen molar-refractivity contribution >= 4 is 35.6 Å². The van der Waals surface area contributed by atoms with Gasteiger partial charge in [0, 0.05) is 27.2 Å². The molecule has 0 bridgehead atoms. The van der Waals surface area contributed by atoms with Gasteiger partial charge >= 0.3 is 0 Å². The second-order valence-corrected chi connectivity index (χ2v) is 6.82. The van der Waals surface area contributed by atoms with Gasteiger partial charge in [-0.15, -0.1) is 12.4 Å². The average molecular weight is 387 g/mol. The molecule has 0 radical (unpaired) electrons. The van der Waals surface area contributed by atoms with E-state index >= 15 is 0 Å². The SMILES string of the molecule is CC1NCCc2ccc3c(c21)O[C@@H](c1ccc(Cl)cc1Cl)CO3.Cl. The number of rotatable bonds is 1. The minimum Gasteiger partial charge on any atom is -0.485 e. The van der Waals surface area contributed by atoms with Crippen LogP contribution in [0, 0.1) is 0 Å². The minimum absolute atomic E-state index is 0. The van der Waals surface area contributed by atoms with Crippen molar-refractivity contribution in [2.45, 2.75) is 25.5 Å². The molecule has 2 heterocycles. The third kappa shape index (κ3) is 3.06. The lowest BCUT2D eigenvalue weighted by Crippen LogP contribution is -2.30. The first-order chi connectivity index (χ1) is 11.1. The highest BCUT2D eigenvalue weighted by molar-refractivity contribution is 6.35. The largest absolute Gasteiger partial charge is 0.485 e. The number of hydrogen-bond acceptors (Lipinski definition) is 3. The molecule has 0 amide bonds. The Hall–Kier alpha value is -1.13. The first-order valence-electron chi connectivity index (χ1n) is 7.77. The molecule has 2 atom stereocenters. The van der Waals surface area contributed by atoms with E-state index in [2.05, 4.69) is 18.3 Å². The Morgan fingerprint density at radius 1 is 1.17 bits per heavy atom. The lowest BCUT2D eigenvalue weighted by Gasteiger charge is -2.33. The van der Waals surface area contributed by atoms with Crippen molar-refractivity contribution in [3.63, 3.8) is 0 Å². The summed E-state index contributed by atoms with van der Waals surface area (Å²) in [4.78, 5) is 0. The molecule has 0 saturated carbocycles. The van der Waals surface area contributed by atoms with Gasteiger partial charge in [0.1, 0.15) is 6.61 Å². The van der Waals surface area contributed by atoms with Gasteiger partial charge in [0.25, 0.3) is 0 Å². The molecule has 2 aliphatic heterocycles. The number of ether oxygens (including phenoxy) is 2. The highest BCUT2D eigenvalue weighted by atomic mass is 35.5. The van der Waals surface area contributed by atoms with E-state index in [-0.39, 0.29) is 24.6 Å². The monoisotopic (exact) mass is 385 g/mol. The molecular formula is C18H18Cl3NO2. The Morgan fingerprint density at radius 2 is 2.00 bits per heavy atom. The van der Waals surface area contributed by atoms with E-state index < -0.39 is 0 Å². The third-order valence-corrected chi connectivity index (χ3v) is 5.05. The Kier molecular flexibility index (Phi) is 5.16. The molecule has 0 saturated heterocycles. The molecule has 2 aromatic carbocycles. The van der Waals surface area contributed by atoms with Gasteiger partial charge in [-0.2, -0.15) is 0 Å². The summed E-state index contributed by atoms with van der Waals surface area (Å²) in [6.07, 6.45) is 0.774. The van der Waals surface area contributed by atoms with Crippen LogP contribution in [-0.4, -0.2) is 13.2 Å². The number of fused-ring (bicyclic) bond motifs is 3. The summed E-state index contributed by atoms with van der Waals surface area (Å²) in [7, 11) is 0. The molecule has 0 aromatic heterocycles. The first kappa shape index (κ1) is 17.7. The minimum atomic E-state index is -0.229. The van der Waals surface area contributed by atoms with Crippen LogP contribution in [0.1, 0.15) is 35.8 Å². The molecule has 1 N–H and O–H groups in total. The van der Waals surface area contributed by atoms with Crippen LogP contribution in [0.4, 0.5) is 0 Å². The first-order valence-corrected chi connectivity index (χ1v) is 8.52. The predicted molar refractivity (Wildman–Crippen MR) is 99.1 cm³/mol. The maximum Gasteiger partial charge on any atom is 0.167 e. The zero-order valence-electron chi connectivity index (χ0n) is 13.1. The van der Waals surface area contributed by atoms with Gasteiger partial charge in [0.05, 0.1) is 0 Å². The third-order valence-electron chi connectivity index (χ3n) is 4.49. The molecule has 2 aliphatic rings. The molecule has 0 aliphatic carbocycles. The van der Waals surface area contributed by atoms with Gasteiger partial charge in [-0.25, -0.2) is 0 Å². The van der Waals surface area contributed by atoms with Crippen molar-refractivity contribution in [1.29, 1.82) is 0 Å². The second kappa shape index (κ2) is 7.01. The van der Waals surface area contributed by atoms with Crippen molar-refractivity contribution in [2.24, 2.45) is 0 Å². The van der Waals surface area contributed by atoms with Crippen molar-refractivity contribution in [3.8, 4) is 11.5 Å². The van der Waals surface area contributed by atoms with Gasteiger partial charge < -0.3 is 14.8 Å². The van der Waals surface area contributed by atoms with Crippen LogP contribution in [0.2, 0.25) is 10.0 Å². The van der Waals surface area contributed by atoms with Crippen LogP contribution in [-0.2, 0) is 6.42 Å². The zero-order valence-corrected chi connectivity index (χ0v) is 15.5. The van der Waals surface area contributed by atoms with Crippen LogP contribution in [0.5, 0.6) is 11.5 Å². The van der Waals surface area contributed by atoms with Gasteiger partial charge in [-0.05, 0) is 43.7 Å². The van der Waals surface area contributed by atoms with Gasteiger partial charge in [-0.3, -0.25) is 0 Å². The van der Waals surface area contributed by atoms with Crippen molar-refractivity contribution in [2.75, 3.05) is 13.2 Å². The van der Waals surface area contributed by atoms with E-state index in [1.165, 1.54) is 11.1 Å². The summed E-state index contributed by atoms with van der Waals surface area (Å²) in [6, 6.07) is 9.86. The smallest absolute Gasteiger partial charge is 0.167 e. The lowest BCUT2D eigenvalue weighted by molar-refractivity contribution is 0.0888. The standard InChI is InChI=1S/C18H17Cl2NO2.ClH/c1-10-17-11(6-7-21-10)2-5-15-18(17)23-16(9-22-15)13-4-3-12(19)8-14(13)20;/h2-5,8,10,16,21H,6-7,9H2,1H3;1H/t10?,16-;/m1./s1. The highest BCUT2D eigenvalue weighted by Gasteiger charge is 2.30. The lowest BCUT2D eigenvalue weighted by atomic mass is 9.93. The second-order valence-electron chi connectivity index (χ2n) is 5.97. The number of halogens is 3. The van der Waals surface area contributed by atoms with Crippen molar-refractivity contribution in [3.05, 3.63) is 57.1 Å². The van der Waals surface area contributed by atoms with Crippen LogP contribution in [0.3, 0.4) is 0 Å². The molecular weight excluding hydrogens is 369 g/mol. The van der Waals surface area contributed by atoms with Crippen LogP contribution >= 0.6 is 35.6 Å². The zero-order chi connectivity index (χ0) is 16.0. The highest BCUT2D eigenvalue weighted by Crippen LogP contribution is 2.45. The molecule has 3 nitrogen and oxygen atoms in total. The van der Waals surface area contributed by atoms with E-state index in [0.29, 0.717) is 16.7 Å². The quantitative estimate of drug-likeness (QED) is 0.736. The predicted octanol–water partition coefficient (Wildman–Crippen LogP) is 5.13. The van der Waals surface area contributed by atoms with Gasteiger partial charge in [-0.1, -0.05) is 35.3 Å². The van der Waals surface area contributed by atoms with Crippen molar-refractivity contribution in [1.82, 2.24) is 5.32 Å². The average Bonchev–Trinajstić information content (AvgIpc) is 2.54. The Balaban J connectivity index is 0.00000169. The summed E-state index contributed by atoms with van der Waals surface area (Å²) in [5, 5.41) is 4.70. The maximum atomic E-state index is 6.33. The number of nitrogens with one attached hydrogen (secondary N) is 1. The van der Waals surface area contributed by atoms with Crippen molar-refractivity contribution < 1.29 is 9.47 Å². The number of benzene rings is 2. The fraction of sp³-hybridized carbons (Fsp3) is 0.333. The molecule has 2 aromatic rings. The molecule has 1 unspecified atom stereocenters. The summed E-state index contributed by atoms with van der Waals surface area (Å²) >= 11 is 12.3. The van der Waals surface area contributed by atoms with E-state index in [1.807, 2.05) is 18.2 Å². The number of hydrogen-bond donors (Lipinski definition) is 1. The van der Waals surface area contributed by atoms with Crippen LogP contribution in [0.25, 0.3) is 0 Å². The summed E-state index contributed by atoms with van der Waals surface area (Å²) < 4.78 is 12.3. The Labute approximate surface area is 157 Å². The molecule has 24 heavy (non-hydrogen) atoms. The van der Waals surface area contributed by atoms with E-state index in [4.69, 9.17) is 32.7 Å². The molecule has 0 spiro atoms. The van der Waals surface area contributed by atoms with Crippen LogP contribution < -0.4 is 14.8 Å². The summed E-state index contributed by atoms with van der Waals surface area (Å²) in [6.45, 7) is 3.58. The van der Waals surface area contributed by atoms with E-state index in [9.17, 15) is 0 Å². The normalized spacial score (nSPS) is 21.6. The molecule has 128 valence electrons. The van der Waals surface area contributed by atoms with Crippen LogP contribution in [0.15, 0.2) is 30.3 Å². The topological polar surface area (TPSA) is 30.5 Å². The Bertz CT molecular complexity index is 766. The summed E-state index contributed by atoms with van der Waals surface area (Å²) in [5.74, 6) is 1.64. The molecule has 4 rings (SSSR count). The fourth-order valence-corrected chi connectivity index (χ4v) is 3.86. The van der Waals surface area contributed by atoms with Gasteiger partial charge in [0.2, 0.25) is 0 Å². The maximum absolute atomic E-state index is 6.33. The fourth-order valence-electron chi connectivity index (χ4n) is 3.33. The van der Waals surface area contributed by atoms with Gasteiger partial charge in [0.15, 0.2) is 17.6 Å². The molecule has 6 heteroatoms. The molecule has 0 fully saturated rings. The van der Waals surface area contributed by atoms with E-state index in [0.717, 1.165) is 30.0 Å². The Morgan fingerprint density at radius 3 is 2.79 bits per heavy atom. The van der Waals surface area contributed by atoms with E-state index in [1.54, 1.807) is 6.07 Å². The summed E-state index contributed by atoms with van der Waals surface area (Å²) in [5.41, 5.74) is 3.42.